The van der Waals surface area contributed by atoms with Crippen LogP contribution in [0.5, 0.6) is 0 Å². The second-order valence-electron chi connectivity index (χ2n) is 3.94. The third-order valence-electron chi connectivity index (χ3n) is 2.91. The predicted octanol–water partition coefficient (Wildman–Crippen LogP) is 1.47. The SMILES string of the molecule is CCn1ccc2c(c(N)cn2CCOC)c1=O.Cl. The summed E-state index contributed by atoms with van der Waals surface area (Å²) >= 11 is 0. The Labute approximate surface area is 112 Å². The summed E-state index contributed by atoms with van der Waals surface area (Å²) < 4.78 is 8.64. The van der Waals surface area contributed by atoms with Gasteiger partial charge in [0, 0.05) is 32.6 Å². The molecule has 0 fully saturated rings. The number of fused-ring (bicyclic) bond motifs is 1. The van der Waals surface area contributed by atoms with Crippen LogP contribution < -0.4 is 11.3 Å². The van der Waals surface area contributed by atoms with Crippen molar-refractivity contribution in [3.05, 3.63) is 28.8 Å². The van der Waals surface area contributed by atoms with Gasteiger partial charge in [-0.25, -0.2) is 0 Å². The third-order valence-corrected chi connectivity index (χ3v) is 2.91. The first kappa shape index (κ1) is 14.6. The van der Waals surface area contributed by atoms with E-state index in [1.807, 2.05) is 17.6 Å². The van der Waals surface area contributed by atoms with Gasteiger partial charge >= 0.3 is 0 Å². The van der Waals surface area contributed by atoms with Gasteiger partial charge in [0.2, 0.25) is 0 Å². The highest BCUT2D eigenvalue weighted by Gasteiger charge is 2.10. The molecule has 2 aromatic heterocycles. The van der Waals surface area contributed by atoms with Crippen LogP contribution in [0.15, 0.2) is 23.3 Å². The summed E-state index contributed by atoms with van der Waals surface area (Å²) in [5, 5.41) is 0.602. The topological polar surface area (TPSA) is 62.2 Å². The first-order valence-electron chi connectivity index (χ1n) is 5.65. The van der Waals surface area contributed by atoms with Crippen molar-refractivity contribution in [1.82, 2.24) is 9.13 Å². The van der Waals surface area contributed by atoms with E-state index in [2.05, 4.69) is 0 Å². The molecule has 100 valence electrons. The number of ether oxygens (including phenoxy) is 1. The number of nitrogen functional groups attached to an aromatic ring is 1. The molecule has 0 bridgehead atoms. The maximum absolute atomic E-state index is 12.1. The molecule has 0 aliphatic carbocycles. The third kappa shape index (κ3) is 2.37. The number of anilines is 1. The predicted molar refractivity (Wildman–Crippen MR) is 75.4 cm³/mol. The average molecular weight is 272 g/mol. The van der Waals surface area contributed by atoms with Crippen molar-refractivity contribution in [2.75, 3.05) is 19.5 Å². The minimum atomic E-state index is -0.0290. The van der Waals surface area contributed by atoms with Gasteiger partial charge in [-0.15, -0.1) is 12.4 Å². The maximum Gasteiger partial charge on any atom is 0.262 e. The molecule has 0 atom stereocenters. The molecule has 2 rings (SSSR count). The molecule has 6 heteroatoms. The number of aryl methyl sites for hydroxylation is 1. The minimum absolute atomic E-state index is 0. The van der Waals surface area contributed by atoms with Crippen LogP contribution in [0.1, 0.15) is 6.92 Å². The van der Waals surface area contributed by atoms with Crippen molar-refractivity contribution < 1.29 is 4.74 Å². The monoisotopic (exact) mass is 271 g/mol. The number of hydrogen-bond donors (Lipinski definition) is 1. The van der Waals surface area contributed by atoms with Gasteiger partial charge in [-0.1, -0.05) is 0 Å². The smallest absolute Gasteiger partial charge is 0.262 e. The Morgan fingerprint density at radius 3 is 2.72 bits per heavy atom. The average Bonchev–Trinajstić information content (AvgIpc) is 2.65. The van der Waals surface area contributed by atoms with E-state index in [0.29, 0.717) is 30.8 Å². The molecule has 0 radical (unpaired) electrons. The first-order valence-corrected chi connectivity index (χ1v) is 5.65. The Balaban J connectivity index is 0.00000162. The zero-order valence-electron chi connectivity index (χ0n) is 10.5. The van der Waals surface area contributed by atoms with Gasteiger partial charge in [0.1, 0.15) is 0 Å². The van der Waals surface area contributed by atoms with Gasteiger partial charge in [0.15, 0.2) is 0 Å². The summed E-state index contributed by atoms with van der Waals surface area (Å²) in [7, 11) is 1.65. The van der Waals surface area contributed by atoms with Crippen LogP contribution in [0.25, 0.3) is 10.9 Å². The molecule has 2 N–H and O–H groups in total. The molecule has 0 amide bonds. The van der Waals surface area contributed by atoms with E-state index in [1.54, 1.807) is 24.1 Å². The molecular formula is C12H18ClN3O2. The molecule has 0 saturated heterocycles. The lowest BCUT2D eigenvalue weighted by molar-refractivity contribution is 0.188. The van der Waals surface area contributed by atoms with Gasteiger partial charge in [-0.3, -0.25) is 4.79 Å². The quantitative estimate of drug-likeness (QED) is 0.916. The molecule has 2 aromatic rings. The summed E-state index contributed by atoms with van der Waals surface area (Å²) in [6, 6.07) is 1.92. The van der Waals surface area contributed by atoms with Gasteiger partial charge in [0.05, 0.1) is 23.2 Å². The highest BCUT2D eigenvalue weighted by molar-refractivity contribution is 5.90. The van der Waals surface area contributed by atoms with Crippen LogP contribution in [-0.4, -0.2) is 22.9 Å². The van der Waals surface area contributed by atoms with Crippen LogP contribution >= 0.6 is 12.4 Å². The number of nitrogens with two attached hydrogens (primary N) is 1. The second-order valence-corrected chi connectivity index (χ2v) is 3.94. The summed E-state index contributed by atoms with van der Waals surface area (Å²) in [6.07, 6.45) is 3.60. The zero-order valence-corrected chi connectivity index (χ0v) is 11.4. The standard InChI is InChI=1S/C12H17N3O2.ClH/c1-3-14-5-4-10-11(12(14)16)9(13)8-15(10)6-7-17-2;/h4-5,8H,3,6-7,13H2,1-2H3;1H. The van der Waals surface area contributed by atoms with Gasteiger partial charge in [0.25, 0.3) is 5.56 Å². The molecule has 0 aliphatic rings. The zero-order chi connectivity index (χ0) is 12.4. The lowest BCUT2D eigenvalue weighted by Crippen LogP contribution is -2.18. The molecule has 0 aliphatic heterocycles. The highest BCUT2D eigenvalue weighted by atomic mass is 35.5. The molecule has 0 unspecified atom stereocenters. The van der Waals surface area contributed by atoms with Crippen molar-refractivity contribution in [3.63, 3.8) is 0 Å². The minimum Gasteiger partial charge on any atom is -0.397 e. The number of halogens is 1. The van der Waals surface area contributed by atoms with E-state index in [9.17, 15) is 4.79 Å². The Morgan fingerprint density at radius 1 is 1.39 bits per heavy atom. The van der Waals surface area contributed by atoms with Crippen LogP contribution in [-0.2, 0) is 17.8 Å². The Kier molecular flexibility index (Phi) is 4.81. The van der Waals surface area contributed by atoms with Gasteiger partial charge in [-0.05, 0) is 13.0 Å². The lowest BCUT2D eigenvalue weighted by atomic mass is 10.3. The summed E-state index contributed by atoms with van der Waals surface area (Å²) in [6.45, 7) is 3.88. The van der Waals surface area contributed by atoms with E-state index in [0.717, 1.165) is 5.52 Å². The second kappa shape index (κ2) is 5.93. The fraction of sp³-hybridized carbons (Fsp3) is 0.417. The molecule has 18 heavy (non-hydrogen) atoms. The van der Waals surface area contributed by atoms with Crippen LogP contribution in [0.2, 0.25) is 0 Å². The summed E-state index contributed by atoms with van der Waals surface area (Å²) in [4.78, 5) is 12.1. The number of methoxy groups -OCH3 is 1. The summed E-state index contributed by atoms with van der Waals surface area (Å²) in [5.41, 5.74) is 7.27. The van der Waals surface area contributed by atoms with E-state index >= 15 is 0 Å². The number of rotatable bonds is 4. The number of hydrogen-bond acceptors (Lipinski definition) is 3. The van der Waals surface area contributed by atoms with E-state index in [1.165, 1.54) is 0 Å². The molecule has 5 nitrogen and oxygen atoms in total. The Hall–Kier alpha value is -1.46. The van der Waals surface area contributed by atoms with Crippen molar-refractivity contribution >= 4 is 29.0 Å². The number of pyridine rings is 1. The van der Waals surface area contributed by atoms with Gasteiger partial charge < -0.3 is 19.6 Å². The Bertz CT molecular complexity index is 589. The first-order chi connectivity index (χ1) is 8.19. The largest absolute Gasteiger partial charge is 0.397 e. The van der Waals surface area contributed by atoms with E-state index in [-0.39, 0.29) is 18.0 Å². The van der Waals surface area contributed by atoms with Crippen LogP contribution in [0.3, 0.4) is 0 Å². The lowest BCUT2D eigenvalue weighted by Gasteiger charge is -2.05. The molecule has 0 aromatic carbocycles. The molecule has 0 spiro atoms. The summed E-state index contributed by atoms with van der Waals surface area (Å²) in [5.74, 6) is 0. The van der Waals surface area contributed by atoms with Crippen molar-refractivity contribution in [2.24, 2.45) is 0 Å². The number of aromatic nitrogens is 2. The van der Waals surface area contributed by atoms with Crippen molar-refractivity contribution in [2.45, 2.75) is 20.0 Å². The fourth-order valence-electron chi connectivity index (χ4n) is 2.00. The molecular weight excluding hydrogens is 254 g/mol. The van der Waals surface area contributed by atoms with Crippen LogP contribution in [0, 0.1) is 0 Å². The van der Waals surface area contributed by atoms with Crippen LogP contribution in [0.4, 0.5) is 5.69 Å². The molecule has 0 saturated carbocycles. The maximum atomic E-state index is 12.1. The normalized spacial score (nSPS) is 10.6. The Morgan fingerprint density at radius 2 is 2.11 bits per heavy atom. The fourth-order valence-corrected chi connectivity index (χ4v) is 2.00. The van der Waals surface area contributed by atoms with E-state index in [4.69, 9.17) is 10.5 Å². The number of nitrogens with zero attached hydrogens (tertiary/aromatic N) is 2. The van der Waals surface area contributed by atoms with E-state index < -0.39 is 0 Å². The highest BCUT2D eigenvalue weighted by Crippen LogP contribution is 2.19. The van der Waals surface area contributed by atoms with Crippen molar-refractivity contribution in [3.8, 4) is 0 Å². The van der Waals surface area contributed by atoms with Gasteiger partial charge in [-0.2, -0.15) is 0 Å². The molecule has 2 heterocycles. The van der Waals surface area contributed by atoms with Crippen molar-refractivity contribution in [1.29, 1.82) is 0 Å².